The van der Waals surface area contributed by atoms with Crippen molar-refractivity contribution < 1.29 is 27.1 Å². The summed E-state index contributed by atoms with van der Waals surface area (Å²) >= 11 is 0. The van der Waals surface area contributed by atoms with Crippen molar-refractivity contribution in [3.8, 4) is 0 Å². The topological polar surface area (TPSA) is 40.5 Å². The van der Waals surface area contributed by atoms with E-state index >= 15 is 0 Å². The van der Waals surface area contributed by atoms with Crippen molar-refractivity contribution in [1.82, 2.24) is 0 Å². The Bertz CT molecular complexity index is 6.00. The average Bonchev–Trinajstić information content (AvgIpc) is 0.918. The summed E-state index contributed by atoms with van der Waals surface area (Å²) in [5.41, 5.74) is 0. The van der Waals surface area contributed by atoms with E-state index in [1.807, 2.05) is 0 Å². The van der Waals surface area contributed by atoms with Crippen LogP contribution in [0.2, 0.25) is 0 Å². The van der Waals surface area contributed by atoms with Gasteiger partial charge >= 0.3 is 7.69 Å². The average molecular weight is 101 g/mol. The molecule has 0 aliphatic rings. The number of rotatable bonds is 0. The third kappa shape index (κ3) is 22.3. The van der Waals surface area contributed by atoms with Gasteiger partial charge in [0.05, 0.1) is 0 Å². The van der Waals surface area contributed by atoms with Crippen LogP contribution in [0.4, 0.5) is 0 Å². The predicted octanol–water partition coefficient (Wildman–Crippen LogP) is -1.50. The molecule has 0 aromatic rings. The molecule has 0 saturated carbocycles. The van der Waals surface area contributed by atoms with Crippen LogP contribution in [0, 0.1) is 0 Å². The third-order valence-corrected chi connectivity index (χ3v) is 0. The molecule has 1 radical (unpaired) electrons. The monoisotopic (exact) mass is 101 g/mol. The molecule has 0 atom stereocenters. The van der Waals surface area contributed by atoms with E-state index in [2.05, 4.69) is 0 Å². The van der Waals surface area contributed by atoms with Crippen LogP contribution in [-0.4, -0.2) is 17.7 Å². The van der Waals surface area contributed by atoms with Crippen molar-refractivity contribution in [3.63, 3.8) is 0 Å². The Morgan fingerprint density at radius 3 is 1.25 bits per heavy atom. The first kappa shape index (κ1) is 8.82. The van der Waals surface area contributed by atoms with Crippen LogP contribution in [0.5, 0.6) is 0 Å². The maximum atomic E-state index is 7.00. The molecule has 0 spiro atoms. The fourth-order valence-electron chi connectivity index (χ4n) is 0. The minimum Gasteiger partial charge on any atom is -0.429 e. The summed E-state index contributed by atoms with van der Waals surface area (Å²) in [6, 6.07) is 0. The second-order valence-corrected chi connectivity index (χ2v) is 0.115. The Kier molecular flexibility index (Phi) is 21.4. The molecule has 25 valence electrons. The molecule has 0 aliphatic heterocycles. The van der Waals surface area contributed by atoms with E-state index in [9.17, 15) is 0 Å². The van der Waals surface area contributed by atoms with Gasteiger partial charge in [0.1, 0.15) is 0 Å². The Morgan fingerprint density at radius 1 is 1.25 bits per heavy atom. The van der Waals surface area contributed by atoms with Crippen molar-refractivity contribution >= 4 is 7.69 Å². The van der Waals surface area contributed by atoms with E-state index < -0.39 is 0 Å². The van der Waals surface area contributed by atoms with Crippen LogP contribution < -0.4 is 0 Å². The van der Waals surface area contributed by atoms with E-state index in [0.717, 1.165) is 0 Å². The van der Waals surface area contributed by atoms with Crippen molar-refractivity contribution in [2.45, 2.75) is 0 Å². The van der Waals surface area contributed by atoms with Crippen LogP contribution in [0.3, 0.4) is 0 Å². The second-order valence-electron chi connectivity index (χ2n) is 0.115. The van der Waals surface area contributed by atoms with Gasteiger partial charge in [0.15, 0.2) is 0 Å². The van der Waals surface area contributed by atoms with Gasteiger partial charge < -0.3 is 10.0 Å². The van der Waals surface area contributed by atoms with Gasteiger partial charge in [-0.25, -0.2) is 0 Å². The van der Waals surface area contributed by atoms with Crippen molar-refractivity contribution in [2.75, 3.05) is 0 Å². The van der Waals surface area contributed by atoms with Gasteiger partial charge in [0.25, 0.3) is 0 Å². The van der Waals surface area contributed by atoms with E-state index in [0.29, 0.717) is 0 Å². The maximum absolute atomic E-state index is 7.00. The third-order valence-electron chi connectivity index (χ3n) is 0. The molecule has 2 nitrogen and oxygen atoms in total. The maximum Gasteiger partial charge on any atom is 0.482 e. The fourth-order valence-corrected chi connectivity index (χ4v) is 0. The van der Waals surface area contributed by atoms with Gasteiger partial charge in [-0.15, -0.1) is 0 Å². The van der Waals surface area contributed by atoms with E-state index in [1.165, 1.54) is 0 Å². The summed E-state index contributed by atoms with van der Waals surface area (Å²) in [5, 5.41) is 14.0. The Morgan fingerprint density at radius 2 is 1.25 bits per heavy atom. The van der Waals surface area contributed by atoms with Crippen molar-refractivity contribution in [3.05, 3.63) is 0 Å². The van der Waals surface area contributed by atoms with Crippen LogP contribution in [0.25, 0.3) is 0 Å². The smallest absolute Gasteiger partial charge is 0.429 e. The molecular weight excluding hydrogens is 98.7 g/mol. The predicted molar refractivity (Wildman–Crippen MR) is 10.2 cm³/mol. The van der Waals surface area contributed by atoms with Gasteiger partial charge in [-0.3, -0.25) is 0 Å². The zero-order valence-corrected chi connectivity index (χ0v) is 2.93. The van der Waals surface area contributed by atoms with Crippen LogP contribution in [0.15, 0.2) is 0 Å². The molecule has 0 aliphatic carbocycles. The molecule has 0 unspecified atom stereocenters. The van der Waals surface area contributed by atoms with Gasteiger partial charge in [-0.05, 0) is 0 Å². The molecule has 0 heterocycles. The first-order chi connectivity index (χ1) is 1.41. The molecule has 0 amide bonds. The largest absolute Gasteiger partial charge is 0.482 e. The first-order valence-electron chi connectivity index (χ1n) is 0.516. The Hall–Kier alpha value is 0.504. The van der Waals surface area contributed by atoms with E-state index in [-0.39, 0.29) is 24.8 Å². The summed E-state index contributed by atoms with van der Waals surface area (Å²) in [6.07, 6.45) is 0. The molecule has 2 N–H and O–H groups in total. The Balaban J connectivity index is 0. The van der Waals surface area contributed by atoms with Gasteiger partial charge in [-0.1, -0.05) is 0 Å². The molecule has 0 rings (SSSR count). The first-order valence-corrected chi connectivity index (χ1v) is 0.516. The van der Waals surface area contributed by atoms with Gasteiger partial charge in [0.2, 0.25) is 0 Å². The fraction of sp³-hybridized carbons (Fsp3) is 0. The normalized spacial score (nSPS) is 3.50. The van der Waals surface area contributed by atoms with E-state index in [1.54, 1.807) is 0 Å². The molecule has 0 fully saturated rings. The summed E-state index contributed by atoms with van der Waals surface area (Å²) < 4.78 is 0. The summed E-state index contributed by atoms with van der Waals surface area (Å²) in [6.45, 7) is 0. The summed E-state index contributed by atoms with van der Waals surface area (Å²) in [5.74, 6) is 0. The zero-order chi connectivity index (χ0) is 2.71. The quantitative estimate of drug-likeness (QED) is 0.364. The molecule has 0 aromatic heterocycles. The van der Waals surface area contributed by atoms with Crippen LogP contribution >= 0.6 is 0 Å². The van der Waals surface area contributed by atoms with Crippen LogP contribution in [0.1, 0.15) is 0 Å². The SMILES string of the molecule is O[B]O.[Fe]. The molecule has 0 saturated heterocycles. The molecule has 4 heavy (non-hydrogen) atoms. The molecule has 0 aromatic carbocycles. The van der Waals surface area contributed by atoms with Crippen molar-refractivity contribution in [1.29, 1.82) is 0 Å². The summed E-state index contributed by atoms with van der Waals surface area (Å²) in [4.78, 5) is 0. The number of hydrogen-bond acceptors (Lipinski definition) is 2. The van der Waals surface area contributed by atoms with Gasteiger partial charge in [0, 0.05) is 17.1 Å². The minimum atomic E-state index is 0. The van der Waals surface area contributed by atoms with Crippen LogP contribution in [-0.2, 0) is 17.1 Å². The zero-order valence-electron chi connectivity index (χ0n) is 1.83. The Labute approximate surface area is 35.6 Å². The van der Waals surface area contributed by atoms with Gasteiger partial charge in [-0.2, -0.15) is 0 Å². The molecule has 4 heteroatoms. The molecule has 0 bridgehead atoms. The molecular formula is H2BFeO2. The van der Waals surface area contributed by atoms with Crippen molar-refractivity contribution in [2.24, 2.45) is 0 Å². The summed E-state index contributed by atoms with van der Waals surface area (Å²) in [7, 11) is 0. The number of hydrogen-bond donors (Lipinski definition) is 2. The minimum absolute atomic E-state index is 0. The standard InChI is InChI=1S/BH2O2.Fe/c2-1-3;/h2-3H;. The second kappa shape index (κ2) is 9.71. The van der Waals surface area contributed by atoms with E-state index in [4.69, 9.17) is 10.0 Å².